The number of nitrogens with two attached hydrogens (primary N) is 1. The number of thiocarbonyl (C=S) groups is 1. The SMILES string of the molecule is N#CC(C#N)=C1NC(=S)N(c2ccccc2)C2=C1C(c1ccc(Cl)cc1)C(C#N)=C(N)N2. The predicted molar refractivity (Wildman–Crippen MR) is 124 cm³/mol. The minimum Gasteiger partial charge on any atom is -0.384 e. The van der Waals surface area contributed by atoms with Crippen molar-refractivity contribution in [3.8, 4) is 18.2 Å². The fraction of sp³-hybridized carbons (Fsp3) is 0.0435. The van der Waals surface area contributed by atoms with Crippen molar-refractivity contribution in [2.75, 3.05) is 4.90 Å². The highest BCUT2D eigenvalue weighted by molar-refractivity contribution is 7.80. The number of allylic oxidation sites excluding steroid dienone is 3. The van der Waals surface area contributed by atoms with E-state index in [1.54, 1.807) is 29.2 Å². The maximum Gasteiger partial charge on any atom is 0.183 e. The summed E-state index contributed by atoms with van der Waals surface area (Å²) in [6.45, 7) is 0. The first kappa shape index (κ1) is 21.0. The molecule has 32 heavy (non-hydrogen) atoms. The third kappa shape index (κ3) is 3.42. The van der Waals surface area contributed by atoms with Crippen LogP contribution in [0.25, 0.3) is 0 Å². The van der Waals surface area contributed by atoms with Gasteiger partial charge in [-0.05, 0) is 42.0 Å². The number of benzene rings is 2. The molecule has 4 N–H and O–H groups in total. The van der Waals surface area contributed by atoms with Crippen molar-refractivity contribution in [2.24, 2.45) is 5.73 Å². The number of dihydropyridines is 1. The van der Waals surface area contributed by atoms with Gasteiger partial charge >= 0.3 is 0 Å². The van der Waals surface area contributed by atoms with Gasteiger partial charge in [0, 0.05) is 16.3 Å². The molecule has 0 saturated heterocycles. The molecule has 7 nitrogen and oxygen atoms in total. The number of nitrogens with zero attached hydrogens (tertiary/aromatic N) is 4. The van der Waals surface area contributed by atoms with Crippen LogP contribution in [-0.2, 0) is 0 Å². The standard InChI is InChI=1S/C23H14ClN7S/c24-15-8-6-13(7-9-15)18-17(12-27)21(28)30-22-19(18)20(14(10-25)11-26)29-23(32)31(22)16-4-2-1-3-5-16/h1-9,18,30H,28H2,(H,29,32). The molecule has 2 aromatic carbocycles. The third-order valence-electron chi connectivity index (χ3n) is 5.12. The molecular weight excluding hydrogens is 442 g/mol. The maximum absolute atomic E-state index is 9.93. The first-order valence-electron chi connectivity index (χ1n) is 9.37. The third-order valence-corrected chi connectivity index (χ3v) is 5.65. The molecule has 0 bridgehead atoms. The average molecular weight is 456 g/mol. The van der Waals surface area contributed by atoms with Crippen LogP contribution in [0.1, 0.15) is 11.5 Å². The second-order valence-electron chi connectivity index (χ2n) is 6.89. The zero-order valence-corrected chi connectivity index (χ0v) is 18.0. The number of hydrogen-bond donors (Lipinski definition) is 3. The minimum absolute atomic E-state index is 0.159. The highest BCUT2D eigenvalue weighted by Crippen LogP contribution is 2.44. The van der Waals surface area contributed by atoms with E-state index in [9.17, 15) is 15.8 Å². The summed E-state index contributed by atoms with van der Waals surface area (Å²) in [5.74, 6) is -0.0388. The van der Waals surface area contributed by atoms with Crippen LogP contribution in [0.5, 0.6) is 0 Å². The maximum atomic E-state index is 9.93. The van der Waals surface area contributed by atoms with Crippen LogP contribution in [0.4, 0.5) is 5.69 Å². The molecule has 1 atom stereocenters. The van der Waals surface area contributed by atoms with Gasteiger partial charge in [-0.15, -0.1) is 0 Å². The van der Waals surface area contributed by atoms with Gasteiger partial charge < -0.3 is 16.4 Å². The van der Waals surface area contributed by atoms with Gasteiger partial charge in [0.25, 0.3) is 0 Å². The van der Waals surface area contributed by atoms with E-state index in [1.165, 1.54) is 0 Å². The highest BCUT2D eigenvalue weighted by Gasteiger charge is 2.41. The van der Waals surface area contributed by atoms with Crippen LogP contribution in [0.2, 0.25) is 5.02 Å². The fourth-order valence-corrected chi connectivity index (χ4v) is 4.17. The van der Waals surface area contributed by atoms with Crippen molar-refractivity contribution >= 4 is 34.6 Å². The lowest BCUT2D eigenvalue weighted by Gasteiger charge is -2.41. The predicted octanol–water partition coefficient (Wildman–Crippen LogP) is 3.63. The minimum atomic E-state index is -0.665. The molecule has 0 aromatic heterocycles. The Balaban J connectivity index is 2.07. The van der Waals surface area contributed by atoms with Crippen LogP contribution in [-0.4, -0.2) is 5.11 Å². The molecule has 0 amide bonds. The van der Waals surface area contributed by atoms with E-state index >= 15 is 0 Å². The van der Waals surface area contributed by atoms with Crippen molar-refractivity contribution < 1.29 is 0 Å². The summed E-state index contributed by atoms with van der Waals surface area (Å²) in [5, 5.41) is 36.1. The van der Waals surface area contributed by atoms with Gasteiger partial charge in [0.2, 0.25) is 0 Å². The summed E-state index contributed by atoms with van der Waals surface area (Å²) in [4.78, 5) is 1.73. The molecule has 2 heterocycles. The molecule has 0 radical (unpaired) electrons. The number of nitrogens with one attached hydrogen (secondary N) is 2. The lowest BCUT2D eigenvalue weighted by Crippen LogP contribution is -2.51. The summed E-state index contributed by atoms with van der Waals surface area (Å²) in [7, 11) is 0. The van der Waals surface area contributed by atoms with E-state index in [-0.39, 0.29) is 27.8 Å². The largest absolute Gasteiger partial charge is 0.384 e. The molecule has 0 fully saturated rings. The van der Waals surface area contributed by atoms with E-state index in [4.69, 9.17) is 29.6 Å². The quantitative estimate of drug-likeness (QED) is 0.463. The Kier molecular flexibility index (Phi) is 5.54. The van der Waals surface area contributed by atoms with Gasteiger partial charge in [-0.1, -0.05) is 41.9 Å². The molecule has 2 aliphatic heterocycles. The van der Waals surface area contributed by atoms with Crippen LogP contribution in [0.3, 0.4) is 0 Å². The Morgan fingerprint density at radius 2 is 1.66 bits per heavy atom. The van der Waals surface area contributed by atoms with Gasteiger partial charge in [-0.2, -0.15) is 15.8 Å². The summed E-state index contributed by atoms with van der Waals surface area (Å²) in [6, 6.07) is 22.3. The molecule has 0 saturated carbocycles. The highest BCUT2D eigenvalue weighted by atomic mass is 35.5. The molecule has 4 rings (SSSR count). The van der Waals surface area contributed by atoms with Crippen LogP contribution < -0.4 is 21.3 Å². The smallest absolute Gasteiger partial charge is 0.183 e. The molecular formula is C23H14ClN7S. The van der Waals surface area contributed by atoms with Crippen molar-refractivity contribution in [1.82, 2.24) is 10.6 Å². The van der Waals surface area contributed by atoms with Crippen LogP contribution in [0, 0.1) is 34.0 Å². The first-order valence-corrected chi connectivity index (χ1v) is 10.2. The topological polar surface area (TPSA) is 125 Å². The Labute approximate surface area is 194 Å². The van der Waals surface area contributed by atoms with Gasteiger partial charge in [0.05, 0.1) is 23.3 Å². The van der Waals surface area contributed by atoms with Crippen molar-refractivity contribution in [3.63, 3.8) is 0 Å². The second kappa shape index (κ2) is 8.45. The molecule has 154 valence electrons. The molecule has 1 unspecified atom stereocenters. The summed E-state index contributed by atoms with van der Waals surface area (Å²) < 4.78 is 0. The van der Waals surface area contributed by atoms with Crippen molar-refractivity contribution in [3.05, 3.63) is 99.2 Å². The number of hydrogen-bond acceptors (Lipinski definition) is 6. The lowest BCUT2D eigenvalue weighted by molar-refractivity contribution is 0.745. The Morgan fingerprint density at radius 1 is 1.00 bits per heavy atom. The zero-order chi connectivity index (χ0) is 22.8. The normalized spacial score (nSPS) is 17.4. The summed E-state index contributed by atoms with van der Waals surface area (Å²) in [5.41, 5.74) is 8.56. The average Bonchev–Trinajstić information content (AvgIpc) is 2.80. The van der Waals surface area contributed by atoms with Gasteiger partial charge in [-0.3, -0.25) is 4.90 Å². The van der Waals surface area contributed by atoms with Gasteiger partial charge in [-0.25, -0.2) is 0 Å². The monoisotopic (exact) mass is 455 g/mol. The Hall–Kier alpha value is -4.29. The fourth-order valence-electron chi connectivity index (χ4n) is 3.74. The number of nitriles is 3. The summed E-state index contributed by atoms with van der Waals surface area (Å²) >= 11 is 11.7. The molecule has 2 aliphatic rings. The zero-order valence-electron chi connectivity index (χ0n) is 16.4. The number of para-hydroxylation sites is 1. The molecule has 0 aliphatic carbocycles. The lowest BCUT2D eigenvalue weighted by atomic mass is 9.79. The molecule has 0 spiro atoms. The van der Waals surface area contributed by atoms with E-state index < -0.39 is 5.92 Å². The number of halogens is 1. The van der Waals surface area contributed by atoms with Gasteiger partial charge in [0.15, 0.2) is 10.7 Å². The Morgan fingerprint density at radius 3 is 2.25 bits per heavy atom. The molecule has 2 aromatic rings. The van der Waals surface area contributed by atoms with Crippen molar-refractivity contribution in [1.29, 1.82) is 15.8 Å². The van der Waals surface area contributed by atoms with Gasteiger partial charge in [0.1, 0.15) is 23.8 Å². The second-order valence-corrected chi connectivity index (χ2v) is 7.71. The number of rotatable bonds is 2. The van der Waals surface area contributed by atoms with E-state index in [2.05, 4.69) is 16.7 Å². The van der Waals surface area contributed by atoms with E-state index in [0.29, 0.717) is 16.4 Å². The van der Waals surface area contributed by atoms with Crippen molar-refractivity contribution in [2.45, 2.75) is 5.92 Å². The molecule has 9 heteroatoms. The van der Waals surface area contributed by atoms with E-state index in [1.807, 2.05) is 42.5 Å². The number of anilines is 1. The summed E-state index contributed by atoms with van der Waals surface area (Å²) in [6.07, 6.45) is 0. The van der Waals surface area contributed by atoms with Crippen LogP contribution in [0.15, 0.2) is 88.7 Å². The Bertz CT molecular complexity index is 1320. The van der Waals surface area contributed by atoms with Crippen LogP contribution >= 0.6 is 23.8 Å². The first-order chi connectivity index (χ1) is 15.5. The van der Waals surface area contributed by atoms with E-state index in [0.717, 1.165) is 11.3 Å².